The summed E-state index contributed by atoms with van der Waals surface area (Å²) in [6.45, 7) is 6.02. The molecule has 1 aliphatic rings. The second-order valence-corrected chi connectivity index (χ2v) is 5.08. The van der Waals surface area contributed by atoms with Gasteiger partial charge in [0, 0.05) is 38.1 Å². The van der Waals surface area contributed by atoms with Gasteiger partial charge in [0.05, 0.1) is 5.60 Å². The summed E-state index contributed by atoms with van der Waals surface area (Å²) in [4.78, 5) is 6.71. The van der Waals surface area contributed by atoms with Crippen LogP contribution in [-0.2, 0) is 4.74 Å². The molecule has 0 spiro atoms. The van der Waals surface area contributed by atoms with Crippen LogP contribution in [0.1, 0.15) is 25.3 Å². The number of pyridine rings is 1. The highest BCUT2D eigenvalue weighted by molar-refractivity contribution is 5.55. The molecule has 0 aromatic carbocycles. The minimum atomic E-state index is -0.0699. The average Bonchev–Trinajstić information content (AvgIpc) is 2.33. The number of nitrogen functional groups attached to an aromatic ring is 1. The predicted octanol–water partition coefficient (Wildman–Crippen LogP) is 1.98. The molecular weight excluding hydrogens is 214 g/mol. The number of anilines is 2. The molecule has 1 atom stereocenters. The van der Waals surface area contributed by atoms with E-state index in [4.69, 9.17) is 10.5 Å². The van der Waals surface area contributed by atoms with Gasteiger partial charge in [-0.2, -0.15) is 0 Å². The highest BCUT2D eigenvalue weighted by atomic mass is 16.5. The molecule has 1 aromatic heterocycles. The molecule has 1 aromatic rings. The zero-order valence-electron chi connectivity index (χ0n) is 10.9. The monoisotopic (exact) mass is 235 g/mol. The smallest absolute Gasteiger partial charge is 0.130 e. The number of nitrogens with two attached hydrogens (primary N) is 1. The van der Waals surface area contributed by atoms with Gasteiger partial charge in [0.1, 0.15) is 5.82 Å². The zero-order chi connectivity index (χ0) is 12.5. The molecule has 1 unspecified atom stereocenters. The maximum absolute atomic E-state index is 5.93. The summed E-state index contributed by atoms with van der Waals surface area (Å²) in [6.07, 6.45) is 4.06. The first kappa shape index (κ1) is 12.2. The largest absolute Gasteiger partial charge is 0.398 e. The van der Waals surface area contributed by atoms with Gasteiger partial charge in [-0.15, -0.1) is 0 Å². The van der Waals surface area contributed by atoms with Crippen molar-refractivity contribution in [3.8, 4) is 0 Å². The molecule has 94 valence electrons. The van der Waals surface area contributed by atoms with Crippen LogP contribution in [0, 0.1) is 6.92 Å². The Kier molecular flexibility index (Phi) is 3.24. The Hall–Kier alpha value is -1.29. The molecule has 0 aliphatic carbocycles. The molecule has 1 saturated heterocycles. The minimum Gasteiger partial charge on any atom is -0.398 e. The fourth-order valence-corrected chi connectivity index (χ4v) is 2.27. The summed E-state index contributed by atoms with van der Waals surface area (Å²) in [7, 11) is 1.78. The number of aromatic nitrogens is 1. The lowest BCUT2D eigenvalue weighted by Crippen LogP contribution is -2.47. The van der Waals surface area contributed by atoms with Gasteiger partial charge < -0.3 is 15.4 Å². The maximum atomic E-state index is 5.93. The molecule has 0 saturated carbocycles. The molecule has 0 bridgehead atoms. The Morgan fingerprint density at radius 1 is 1.53 bits per heavy atom. The number of hydrogen-bond donors (Lipinski definition) is 1. The third-order valence-electron chi connectivity index (χ3n) is 3.61. The van der Waals surface area contributed by atoms with Gasteiger partial charge in [-0.25, -0.2) is 4.98 Å². The van der Waals surface area contributed by atoms with E-state index in [1.807, 2.05) is 19.2 Å². The number of ether oxygens (including phenoxy) is 1. The third kappa shape index (κ3) is 2.52. The lowest BCUT2D eigenvalue weighted by molar-refractivity contribution is -0.00481. The zero-order valence-corrected chi connectivity index (χ0v) is 10.9. The fraction of sp³-hybridized carbons (Fsp3) is 0.615. The van der Waals surface area contributed by atoms with Crippen molar-refractivity contribution in [2.45, 2.75) is 32.3 Å². The Labute approximate surface area is 103 Å². The second kappa shape index (κ2) is 4.53. The van der Waals surface area contributed by atoms with Gasteiger partial charge in [-0.1, -0.05) is 0 Å². The first-order valence-corrected chi connectivity index (χ1v) is 6.06. The Bertz CT molecular complexity index is 408. The van der Waals surface area contributed by atoms with Crippen LogP contribution in [-0.4, -0.2) is 30.8 Å². The summed E-state index contributed by atoms with van der Waals surface area (Å²) in [6, 6.07) is 1.96. The first-order valence-electron chi connectivity index (χ1n) is 6.06. The molecule has 2 rings (SSSR count). The van der Waals surface area contributed by atoms with E-state index in [-0.39, 0.29) is 5.60 Å². The van der Waals surface area contributed by atoms with Crippen molar-refractivity contribution in [1.29, 1.82) is 0 Å². The SMILES string of the molecule is COC1(C)CCCN(c2cc(N)c(C)cn2)C1. The van der Waals surface area contributed by atoms with Gasteiger partial charge in [-0.05, 0) is 32.3 Å². The van der Waals surface area contributed by atoms with Crippen molar-refractivity contribution >= 4 is 11.5 Å². The first-order chi connectivity index (χ1) is 8.04. The minimum absolute atomic E-state index is 0.0699. The molecule has 0 amide bonds. The number of rotatable bonds is 2. The Morgan fingerprint density at radius 2 is 2.29 bits per heavy atom. The molecular formula is C13H21N3O. The summed E-state index contributed by atoms with van der Waals surface area (Å²) in [5.74, 6) is 0.955. The summed E-state index contributed by atoms with van der Waals surface area (Å²) < 4.78 is 5.58. The van der Waals surface area contributed by atoms with Crippen molar-refractivity contribution in [3.05, 3.63) is 17.8 Å². The Morgan fingerprint density at radius 3 is 2.94 bits per heavy atom. The maximum Gasteiger partial charge on any atom is 0.130 e. The second-order valence-electron chi connectivity index (χ2n) is 5.08. The predicted molar refractivity (Wildman–Crippen MR) is 70.2 cm³/mol. The van der Waals surface area contributed by atoms with Crippen molar-refractivity contribution in [1.82, 2.24) is 4.98 Å². The van der Waals surface area contributed by atoms with E-state index in [1.54, 1.807) is 7.11 Å². The summed E-state index contributed by atoms with van der Waals surface area (Å²) in [5.41, 5.74) is 7.69. The number of hydrogen-bond acceptors (Lipinski definition) is 4. The molecule has 2 N–H and O–H groups in total. The van der Waals surface area contributed by atoms with E-state index in [9.17, 15) is 0 Å². The van der Waals surface area contributed by atoms with Gasteiger partial charge in [0.2, 0.25) is 0 Å². The molecule has 0 radical (unpaired) electrons. The van der Waals surface area contributed by atoms with Crippen molar-refractivity contribution in [2.24, 2.45) is 0 Å². The molecule has 2 heterocycles. The summed E-state index contributed by atoms with van der Waals surface area (Å²) in [5, 5.41) is 0. The van der Waals surface area contributed by atoms with Gasteiger partial charge >= 0.3 is 0 Å². The van der Waals surface area contributed by atoms with Gasteiger partial charge in [0.15, 0.2) is 0 Å². The van der Waals surface area contributed by atoms with Gasteiger partial charge in [0.25, 0.3) is 0 Å². The highest BCUT2D eigenvalue weighted by Crippen LogP contribution is 2.28. The van der Waals surface area contributed by atoms with E-state index in [0.717, 1.165) is 43.0 Å². The molecule has 1 fully saturated rings. The standard InChI is InChI=1S/C13H21N3O/c1-10-8-15-12(7-11(10)14)16-6-4-5-13(2,9-16)17-3/h7-8H,4-6,9H2,1-3H3,(H2,14,15). The lowest BCUT2D eigenvalue weighted by atomic mass is 9.95. The topological polar surface area (TPSA) is 51.4 Å². The van der Waals surface area contributed by atoms with Crippen LogP contribution in [0.25, 0.3) is 0 Å². The normalized spacial score (nSPS) is 25.0. The average molecular weight is 235 g/mol. The van der Waals surface area contributed by atoms with E-state index in [1.165, 1.54) is 0 Å². The number of nitrogens with zero attached hydrogens (tertiary/aromatic N) is 2. The van der Waals surface area contributed by atoms with Crippen LogP contribution in [0.2, 0.25) is 0 Å². The summed E-state index contributed by atoms with van der Waals surface area (Å²) >= 11 is 0. The van der Waals surface area contributed by atoms with Crippen LogP contribution >= 0.6 is 0 Å². The van der Waals surface area contributed by atoms with E-state index in [2.05, 4.69) is 16.8 Å². The lowest BCUT2D eigenvalue weighted by Gasteiger charge is -2.40. The number of methoxy groups -OCH3 is 1. The van der Waals surface area contributed by atoms with Crippen molar-refractivity contribution < 1.29 is 4.74 Å². The number of aryl methyl sites for hydroxylation is 1. The molecule has 4 nitrogen and oxygen atoms in total. The highest BCUT2D eigenvalue weighted by Gasteiger charge is 2.31. The third-order valence-corrected chi connectivity index (χ3v) is 3.61. The quantitative estimate of drug-likeness (QED) is 0.851. The van der Waals surface area contributed by atoms with Crippen LogP contribution in [0.5, 0.6) is 0 Å². The van der Waals surface area contributed by atoms with Crippen LogP contribution in [0.4, 0.5) is 11.5 Å². The Balaban J connectivity index is 2.19. The van der Waals surface area contributed by atoms with E-state index in [0.29, 0.717) is 0 Å². The number of piperidine rings is 1. The van der Waals surface area contributed by atoms with Crippen molar-refractivity contribution in [3.63, 3.8) is 0 Å². The van der Waals surface area contributed by atoms with Crippen molar-refractivity contribution in [2.75, 3.05) is 30.8 Å². The van der Waals surface area contributed by atoms with Gasteiger partial charge in [-0.3, -0.25) is 0 Å². The molecule has 1 aliphatic heterocycles. The van der Waals surface area contributed by atoms with Crippen LogP contribution in [0.3, 0.4) is 0 Å². The molecule has 4 heteroatoms. The molecule has 17 heavy (non-hydrogen) atoms. The van der Waals surface area contributed by atoms with Crippen LogP contribution in [0.15, 0.2) is 12.3 Å². The van der Waals surface area contributed by atoms with Crippen LogP contribution < -0.4 is 10.6 Å². The van der Waals surface area contributed by atoms with E-state index >= 15 is 0 Å². The van der Waals surface area contributed by atoms with E-state index < -0.39 is 0 Å². The fourth-order valence-electron chi connectivity index (χ4n) is 2.27.